The molecule has 0 saturated carbocycles. The van der Waals surface area contributed by atoms with Crippen LogP contribution >= 0.6 is 11.3 Å². The summed E-state index contributed by atoms with van der Waals surface area (Å²) in [6.07, 6.45) is 1.50. The number of piperazine rings is 1. The van der Waals surface area contributed by atoms with Crippen molar-refractivity contribution in [3.8, 4) is 5.75 Å². The van der Waals surface area contributed by atoms with Gasteiger partial charge in [0.15, 0.2) is 0 Å². The lowest BCUT2D eigenvalue weighted by Crippen LogP contribution is -2.51. The molecule has 1 fully saturated rings. The van der Waals surface area contributed by atoms with E-state index in [1.165, 1.54) is 0 Å². The standard InChI is InChI=1S/C20H25N3O3S/c1-16-21-17(15-27-16)14-20(25)23-11-9-22(10-12-23)19(24)8-5-13-26-18-6-3-2-4-7-18/h2-4,6-7,15H,5,8-14H2,1H3. The highest BCUT2D eigenvalue weighted by Gasteiger charge is 2.24. The molecular weight excluding hydrogens is 362 g/mol. The van der Waals surface area contributed by atoms with Gasteiger partial charge in [0.05, 0.1) is 23.7 Å². The van der Waals surface area contributed by atoms with Gasteiger partial charge in [-0.2, -0.15) is 0 Å². The van der Waals surface area contributed by atoms with E-state index in [1.807, 2.05) is 52.4 Å². The third-order valence-corrected chi connectivity index (χ3v) is 5.35. The molecule has 2 aromatic rings. The van der Waals surface area contributed by atoms with Crippen LogP contribution in [0.2, 0.25) is 0 Å². The number of hydrogen-bond acceptors (Lipinski definition) is 5. The number of ether oxygens (including phenoxy) is 1. The van der Waals surface area contributed by atoms with Crippen LogP contribution in [0.3, 0.4) is 0 Å². The fourth-order valence-electron chi connectivity index (χ4n) is 3.05. The van der Waals surface area contributed by atoms with E-state index in [1.54, 1.807) is 11.3 Å². The molecule has 3 rings (SSSR count). The number of para-hydroxylation sites is 1. The fraction of sp³-hybridized carbons (Fsp3) is 0.450. The molecule has 0 N–H and O–H groups in total. The van der Waals surface area contributed by atoms with Crippen LogP contribution in [0.25, 0.3) is 0 Å². The SMILES string of the molecule is Cc1nc(CC(=O)N2CCN(C(=O)CCCOc3ccccc3)CC2)cs1. The lowest BCUT2D eigenvalue weighted by Gasteiger charge is -2.34. The molecule has 0 spiro atoms. The first kappa shape index (κ1) is 19.4. The van der Waals surface area contributed by atoms with Gasteiger partial charge in [0, 0.05) is 38.0 Å². The first-order valence-corrected chi connectivity index (χ1v) is 10.1. The number of amides is 2. The second kappa shape index (κ2) is 9.50. The zero-order valence-electron chi connectivity index (χ0n) is 15.6. The number of hydrogen-bond donors (Lipinski definition) is 0. The van der Waals surface area contributed by atoms with Gasteiger partial charge in [-0.15, -0.1) is 11.3 Å². The number of aryl methyl sites for hydroxylation is 1. The Labute approximate surface area is 163 Å². The van der Waals surface area contributed by atoms with Gasteiger partial charge in [-0.3, -0.25) is 9.59 Å². The van der Waals surface area contributed by atoms with E-state index in [0.29, 0.717) is 52.0 Å². The maximum absolute atomic E-state index is 12.4. The number of carbonyl (C=O) groups is 2. The molecule has 27 heavy (non-hydrogen) atoms. The topological polar surface area (TPSA) is 62.7 Å². The van der Waals surface area contributed by atoms with Crippen molar-refractivity contribution in [1.82, 2.24) is 14.8 Å². The lowest BCUT2D eigenvalue weighted by atomic mass is 10.2. The van der Waals surface area contributed by atoms with Crippen molar-refractivity contribution >= 4 is 23.2 Å². The molecule has 0 unspecified atom stereocenters. The Morgan fingerprint density at radius 1 is 1.07 bits per heavy atom. The lowest BCUT2D eigenvalue weighted by molar-refractivity contribution is -0.139. The van der Waals surface area contributed by atoms with Gasteiger partial charge in [0.1, 0.15) is 5.75 Å². The second-order valence-electron chi connectivity index (χ2n) is 6.56. The normalized spacial score (nSPS) is 14.3. The summed E-state index contributed by atoms with van der Waals surface area (Å²) in [5, 5.41) is 2.91. The average Bonchev–Trinajstić information content (AvgIpc) is 3.10. The van der Waals surface area contributed by atoms with E-state index in [9.17, 15) is 9.59 Å². The predicted octanol–water partition coefficient (Wildman–Crippen LogP) is 2.52. The molecular formula is C20H25N3O3S. The summed E-state index contributed by atoms with van der Waals surface area (Å²) in [5.41, 5.74) is 0.833. The molecule has 1 aromatic carbocycles. The molecule has 1 aliphatic rings. The van der Waals surface area contributed by atoms with Crippen LogP contribution in [0.1, 0.15) is 23.5 Å². The molecule has 2 amide bonds. The van der Waals surface area contributed by atoms with Gasteiger partial charge in [0.2, 0.25) is 11.8 Å². The first-order chi connectivity index (χ1) is 13.1. The molecule has 0 atom stereocenters. The second-order valence-corrected chi connectivity index (χ2v) is 7.62. The van der Waals surface area contributed by atoms with E-state index in [2.05, 4.69) is 4.98 Å². The summed E-state index contributed by atoms with van der Waals surface area (Å²) in [6.45, 7) is 4.85. The van der Waals surface area contributed by atoms with Gasteiger partial charge >= 0.3 is 0 Å². The number of nitrogens with zero attached hydrogens (tertiary/aromatic N) is 3. The van der Waals surface area contributed by atoms with Crippen LogP contribution in [-0.4, -0.2) is 59.4 Å². The summed E-state index contributed by atoms with van der Waals surface area (Å²) in [7, 11) is 0. The van der Waals surface area contributed by atoms with Gasteiger partial charge in [0.25, 0.3) is 0 Å². The number of benzene rings is 1. The Balaban J connectivity index is 1.34. The molecule has 0 bridgehead atoms. The minimum Gasteiger partial charge on any atom is -0.494 e. The number of aromatic nitrogens is 1. The third kappa shape index (κ3) is 5.79. The zero-order valence-corrected chi connectivity index (χ0v) is 16.4. The first-order valence-electron chi connectivity index (χ1n) is 9.26. The monoisotopic (exact) mass is 387 g/mol. The minimum atomic E-state index is 0.0867. The van der Waals surface area contributed by atoms with Gasteiger partial charge in [-0.05, 0) is 25.5 Å². The fourth-order valence-corrected chi connectivity index (χ4v) is 3.66. The number of rotatable bonds is 7. The van der Waals surface area contributed by atoms with Crippen LogP contribution in [0, 0.1) is 6.92 Å². The average molecular weight is 388 g/mol. The van der Waals surface area contributed by atoms with E-state index < -0.39 is 0 Å². The summed E-state index contributed by atoms with van der Waals surface area (Å²) in [4.78, 5) is 32.7. The highest BCUT2D eigenvalue weighted by atomic mass is 32.1. The Morgan fingerprint density at radius 3 is 2.37 bits per heavy atom. The number of carbonyl (C=O) groups excluding carboxylic acids is 2. The molecule has 0 aliphatic carbocycles. The molecule has 6 nitrogen and oxygen atoms in total. The van der Waals surface area contributed by atoms with E-state index in [0.717, 1.165) is 16.5 Å². The summed E-state index contributed by atoms with van der Waals surface area (Å²) < 4.78 is 5.62. The van der Waals surface area contributed by atoms with E-state index in [4.69, 9.17) is 4.74 Å². The molecule has 1 aromatic heterocycles. The van der Waals surface area contributed by atoms with Crippen molar-refractivity contribution < 1.29 is 14.3 Å². The molecule has 1 aliphatic heterocycles. The maximum Gasteiger partial charge on any atom is 0.228 e. The largest absolute Gasteiger partial charge is 0.494 e. The Kier molecular flexibility index (Phi) is 6.81. The predicted molar refractivity (Wildman–Crippen MR) is 105 cm³/mol. The molecule has 0 radical (unpaired) electrons. The highest BCUT2D eigenvalue weighted by molar-refractivity contribution is 7.09. The summed E-state index contributed by atoms with van der Waals surface area (Å²) in [6, 6.07) is 9.61. The van der Waals surface area contributed by atoms with Crippen LogP contribution in [0.4, 0.5) is 0 Å². The highest BCUT2D eigenvalue weighted by Crippen LogP contribution is 2.12. The summed E-state index contributed by atoms with van der Waals surface area (Å²) in [5.74, 6) is 1.05. The van der Waals surface area contributed by atoms with Gasteiger partial charge < -0.3 is 14.5 Å². The molecule has 2 heterocycles. The minimum absolute atomic E-state index is 0.0867. The van der Waals surface area contributed by atoms with Crippen molar-refractivity contribution in [3.63, 3.8) is 0 Å². The quantitative estimate of drug-likeness (QED) is 0.685. The molecule has 144 valence electrons. The Morgan fingerprint density at radius 2 is 1.74 bits per heavy atom. The Bertz CT molecular complexity index is 755. The van der Waals surface area contributed by atoms with Crippen molar-refractivity contribution in [3.05, 3.63) is 46.4 Å². The van der Waals surface area contributed by atoms with Crippen LogP contribution in [0.5, 0.6) is 5.75 Å². The van der Waals surface area contributed by atoms with Crippen LogP contribution in [0.15, 0.2) is 35.7 Å². The van der Waals surface area contributed by atoms with E-state index >= 15 is 0 Å². The maximum atomic E-state index is 12.4. The molecule has 7 heteroatoms. The van der Waals surface area contributed by atoms with Crippen LogP contribution in [-0.2, 0) is 16.0 Å². The zero-order chi connectivity index (χ0) is 19.1. The van der Waals surface area contributed by atoms with Gasteiger partial charge in [-0.1, -0.05) is 18.2 Å². The summed E-state index contributed by atoms with van der Waals surface area (Å²) >= 11 is 1.56. The number of thiazole rings is 1. The van der Waals surface area contributed by atoms with Crippen molar-refractivity contribution in [2.75, 3.05) is 32.8 Å². The van der Waals surface area contributed by atoms with E-state index in [-0.39, 0.29) is 11.8 Å². The smallest absolute Gasteiger partial charge is 0.228 e. The molecule has 1 saturated heterocycles. The van der Waals surface area contributed by atoms with Crippen molar-refractivity contribution in [1.29, 1.82) is 0 Å². The van der Waals surface area contributed by atoms with Crippen LogP contribution < -0.4 is 4.74 Å². The van der Waals surface area contributed by atoms with Crippen molar-refractivity contribution in [2.45, 2.75) is 26.2 Å². The third-order valence-electron chi connectivity index (χ3n) is 4.53. The van der Waals surface area contributed by atoms with Gasteiger partial charge in [-0.25, -0.2) is 4.98 Å². The Hall–Kier alpha value is -2.41. The van der Waals surface area contributed by atoms with Crippen molar-refractivity contribution in [2.24, 2.45) is 0 Å².